The Morgan fingerprint density at radius 1 is 1.10 bits per heavy atom. The average molecular weight is 401 g/mol. The topological polar surface area (TPSA) is 130 Å². The van der Waals surface area contributed by atoms with Gasteiger partial charge < -0.3 is 20.3 Å². The summed E-state index contributed by atoms with van der Waals surface area (Å²) in [5.74, 6) is -2.36. The first-order chi connectivity index (χ1) is 13.6. The molecule has 0 saturated heterocycles. The quantitative estimate of drug-likeness (QED) is 0.473. The van der Waals surface area contributed by atoms with Crippen LogP contribution in [0.4, 0.5) is 4.79 Å². The number of benzene rings is 1. The van der Waals surface area contributed by atoms with Crippen molar-refractivity contribution in [3.63, 3.8) is 0 Å². The number of allylic oxidation sites excluding steroid dienone is 2. The molecule has 8 heteroatoms. The Kier molecular flexibility index (Phi) is 6.93. The number of fused-ring (bicyclic) bond motifs is 1. The van der Waals surface area contributed by atoms with Gasteiger partial charge in [-0.1, -0.05) is 11.6 Å². The van der Waals surface area contributed by atoms with Gasteiger partial charge in [0.05, 0.1) is 11.1 Å². The molecule has 0 fully saturated rings. The van der Waals surface area contributed by atoms with Gasteiger partial charge >= 0.3 is 6.09 Å². The number of hydrogen-bond acceptors (Lipinski definition) is 7. The Labute approximate surface area is 167 Å². The number of amides is 1. The summed E-state index contributed by atoms with van der Waals surface area (Å²) >= 11 is 0. The van der Waals surface area contributed by atoms with Gasteiger partial charge in [-0.15, -0.1) is 0 Å². The largest absolute Gasteiger partial charge is 0.507 e. The third-order valence-corrected chi connectivity index (χ3v) is 4.27. The molecule has 1 aliphatic rings. The number of rotatable bonds is 7. The van der Waals surface area contributed by atoms with Crippen LogP contribution in [0.1, 0.15) is 54.3 Å². The van der Waals surface area contributed by atoms with E-state index in [1.165, 1.54) is 6.92 Å². The van der Waals surface area contributed by atoms with Crippen molar-refractivity contribution in [2.75, 3.05) is 6.54 Å². The first-order valence-corrected chi connectivity index (χ1v) is 9.04. The summed E-state index contributed by atoms with van der Waals surface area (Å²) in [6.45, 7) is 5.12. The van der Waals surface area contributed by atoms with E-state index in [1.54, 1.807) is 6.08 Å². The fourth-order valence-corrected chi connectivity index (χ4v) is 2.82. The Hall–Kier alpha value is -3.42. The molecule has 0 radical (unpaired) electrons. The van der Waals surface area contributed by atoms with Crippen molar-refractivity contribution in [1.29, 1.82) is 0 Å². The van der Waals surface area contributed by atoms with Gasteiger partial charge in [-0.05, 0) is 39.0 Å². The van der Waals surface area contributed by atoms with Gasteiger partial charge in [-0.2, -0.15) is 0 Å². The van der Waals surface area contributed by atoms with Gasteiger partial charge in [0.2, 0.25) is 0 Å². The Morgan fingerprint density at radius 2 is 1.72 bits per heavy atom. The van der Waals surface area contributed by atoms with Gasteiger partial charge in [0.15, 0.2) is 11.6 Å². The van der Waals surface area contributed by atoms with Crippen LogP contribution in [0.5, 0.6) is 11.5 Å². The molecule has 0 spiro atoms. The summed E-state index contributed by atoms with van der Waals surface area (Å²) in [7, 11) is 0. The van der Waals surface area contributed by atoms with E-state index < -0.39 is 35.3 Å². The minimum absolute atomic E-state index is 0.0763. The second-order valence-corrected chi connectivity index (χ2v) is 6.94. The number of ketones is 3. The SMILES string of the molecule is CC(=O)CCNC(=O)OC(CC=C(C)C)C1=CC(=O)c2c(O)ccc(O)c2C1=O. The Morgan fingerprint density at radius 3 is 2.31 bits per heavy atom. The van der Waals surface area contributed by atoms with Gasteiger partial charge in [0.1, 0.15) is 23.4 Å². The first-order valence-electron chi connectivity index (χ1n) is 9.04. The monoisotopic (exact) mass is 401 g/mol. The molecule has 1 aromatic carbocycles. The van der Waals surface area contributed by atoms with Crippen molar-refractivity contribution < 1.29 is 34.1 Å². The highest BCUT2D eigenvalue weighted by atomic mass is 16.6. The highest BCUT2D eigenvalue weighted by Gasteiger charge is 2.35. The lowest BCUT2D eigenvalue weighted by Crippen LogP contribution is -2.34. The van der Waals surface area contributed by atoms with Crippen LogP contribution in [-0.4, -0.2) is 46.3 Å². The van der Waals surface area contributed by atoms with Crippen molar-refractivity contribution in [1.82, 2.24) is 5.32 Å². The van der Waals surface area contributed by atoms with Gasteiger partial charge in [-0.3, -0.25) is 14.4 Å². The van der Waals surface area contributed by atoms with Crippen molar-refractivity contribution >= 4 is 23.4 Å². The Balaban J connectivity index is 2.33. The summed E-state index contributed by atoms with van der Waals surface area (Å²) in [5, 5.41) is 22.4. The van der Waals surface area contributed by atoms with Crippen molar-refractivity contribution in [3.05, 3.63) is 46.6 Å². The van der Waals surface area contributed by atoms with Crippen LogP contribution in [0.25, 0.3) is 0 Å². The third-order valence-electron chi connectivity index (χ3n) is 4.27. The molecule has 29 heavy (non-hydrogen) atoms. The van der Waals surface area contributed by atoms with Crippen LogP contribution in [0, 0.1) is 0 Å². The molecule has 154 valence electrons. The normalized spacial score (nSPS) is 13.8. The van der Waals surface area contributed by atoms with Crippen LogP contribution in [0.3, 0.4) is 0 Å². The van der Waals surface area contributed by atoms with E-state index in [0.29, 0.717) is 0 Å². The van der Waals surface area contributed by atoms with Crippen molar-refractivity contribution in [3.8, 4) is 11.5 Å². The minimum atomic E-state index is -1.09. The van der Waals surface area contributed by atoms with Crippen LogP contribution in [0.2, 0.25) is 0 Å². The van der Waals surface area contributed by atoms with Gasteiger partial charge in [0, 0.05) is 25.0 Å². The van der Waals surface area contributed by atoms with Crippen LogP contribution in [-0.2, 0) is 9.53 Å². The summed E-state index contributed by atoms with van der Waals surface area (Å²) in [6.07, 6.45) is 1.08. The summed E-state index contributed by atoms with van der Waals surface area (Å²) < 4.78 is 5.33. The summed E-state index contributed by atoms with van der Waals surface area (Å²) in [6, 6.07) is 2.24. The highest BCUT2D eigenvalue weighted by molar-refractivity contribution is 6.27. The van der Waals surface area contributed by atoms with E-state index in [9.17, 15) is 29.4 Å². The highest BCUT2D eigenvalue weighted by Crippen LogP contribution is 2.36. The molecule has 1 atom stereocenters. The third kappa shape index (κ3) is 5.31. The molecule has 0 saturated carbocycles. The number of nitrogens with one attached hydrogen (secondary N) is 1. The fourth-order valence-electron chi connectivity index (χ4n) is 2.82. The molecule has 3 N–H and O–H groups in total. The van der Waals surface area contributed by atoms with Crippen molar-refractivity contribution in [2.45, 2.75) is 39.7 Å². The molecular formula is C21H23NO7. The van der Waals surface area contributed by atoms with Crippen LogP contribution >= 0.6 is 0 Å². The molecule has 2 rings (SSSR count). The lowest BCUT2D eigenvalue weighted by atomic mass is 9.85. The zero-order valence-electron chi connectivity index (χ0n) is 16.4. The van der Waals surface area contributed by atoms with Gasteiger partial charge in [-0.25, -0.2) is 4.79 Å². The second kappa shape index (κ2) is 9.18. The van der Waals surface area contributed by atoms with E-state index in [4.69, 9.17) is 4.74 Å². The Bertz CT molecular complexity index is 923. The number of phenolic OH excluding ortho intramolecular Hbond substituents is 2. The zero-order valence-corrected chi connectivity index (χ0v) is 16.4. The average Bonchev–Trinajstić information content (AvgIpc) is 2.63. The number of ether oxygens (including phenoxy) is 1. The first kappa shape index (κ1) is 21.9. The number of hydrogen-bond donors (Lipinski definition) is 3. The molecule has 0 heterocycles. The van der Waals surface area contributed by atoms with E-state index in [-0.39, 0.29) is 41.9 Å². The van der Waals surface area contributed by atoms with E-state index in [0.717, 1.165) is 23.8 Å². The molecule has 8 nitrogen and oxygen atoms in total. The lowest BCUT2D eigenvalue weighted by molar-refractivity contribution is -0.116. The molecule has 1 unspecified atom stereocenters. The number of carbonyl (C=O) groups is 4. The van der Waals surface area contributed by atoms with E-state index in [1.807, 2.05) is 13.8 Å². The maximum atomic E-state index is 12.9. The zero-order chi connectivity index (χ0) is 21.7. The maximum absolute atomic E-state index is 12.9. The predicted octanol–water partition coefficient (Wildman–Crippen LogP) is 2.83. The number of alkyl carbamates (subject to hydrolysis) is 1. The molecule has 1 amide bonds. The molecule has 1 aliphatic carbocycles. The van der Waals surface area contributed by atoms with Crippen LogP contribution < -0.4 is 5.32 Å². The fraction of sp³-hybridized carbons (Fsp3) is 0.333. The smallest absolute Gasteiger partial charge is 0.407 e. The predicted molar refractivity (Wildman–Crippen MR) is 104 cm³/mol. The lowest BCUT2D eigenvalue weighted by Gasteiger charge is -2.23. The van der Waals surface area contributed by atoms with E-state index in [2.05, 4.69) is 5.32 Å². The summed E-state index contributed by atoms with van der Waals surface area (Å²) in [4.78, 5) is 48.5. The standard InChI is InChI=1S/C21H23NO7/c1-11(2)4-7-17(29-21(28)22-9-8-12(3)23)13-10-16(26)18-14(24)5-6-15(25)19(18)20(13)27/h4-6,10,17,24-25H,7-9H2,1-3H3,(H,22,28). The summed E-state index contributed by atoms with van der Waals surface area (Å²) in [5.41, 5.74) is 0.190. The second-order valence-electron chi connectivity index (χ2n) is 6.94. The minimum Gasteiger partial charge on any atom is -0.507 e. The molecule has 0 aliphatic heterocycles. The van der Waals surface area contributed by atoms with Gasteiger partial charge in [0.25, 0.3) is 0 Å². The molecule has 0 bridgehead atoms. The molecular weight excluding hydrogens is 378 g/mol. The molecule has 1 aromatic rings. The number of phenols is 2. The number of carbonyl (C=O) groups excluding carboxylic acids is 4. The van der Waals surface area contributed by atoms with Crippen molar-refractivity contribution in [2.24, 2.45) is 0 Å². The number of aromatic hydroxyl groups is 2. The number of Topliss-reactive ketones (excluding diaryl/α,β-unsaturated/α-hetero) is 2. The maximum Gasteiger partial charge on any atom is 0.407 e. The van der Waals surface area contributed by atoms with Crippen LogP contribution in [0.15, 0.2) is 35.4 Å². The molecule has 0 aromatic heterocycles. The van der Waals surface area contributed by atoms with E-state index >= 15 is 0 Å².